The molecule has 1 N–H and O–H groups in total. The lowest BCUT2D eigenvalue weighted by Crippen LogP contribution is -1.75. The molecule has 0 fully saturated rings. The summed E-state index contributed by atoms with van der Waals surface area (Å²) in [6, 6.07) is 1.82. The zero-order valence-corrected chi connectivity index (χ0v) is 5.67. The fourth-order valence-electron chi connectivity index (χ4n) is 0.612. The Morgan fingerprint density at radius 1 is 1.50 bits per heavy atom. The topological polar surface area (TPSA) is 67.3 Å². The molecule has 0 radical (unpaired) electrons. The van der Waals surface area contributed by atoms with Gasteiger partial charge in [0.15, 0.2) is 5.01 Å². The van der Waals surface area contributed by atoms with Crippen molar-refractivity contribution in [1.82, 2.24) is 25.0 Å². The number of hydrogen-bond acceptors (Lipinski definition) is 5. The molecule has 0 aliphatic rings. The summed E-state index contributed by atoms with van der Waals surface area (Å²) in [5.74, 6) is 0. The maximum absolute atomic E-state index is 3.76. The molecule has 0 aliphatic carbocycles. The van der Waals surface area contributed by atoms with Crippen molar-refractivity contribution in [2.24, 2.45) is 0 Å². The molecule has 50 valence electrons. The van der Waals surface area contributed by atoms with Gasteiger partial charge in [0.05, 0.1) is 5.69 Å². The van der Waals surface area contributed by atoms with Crippen LogP contribution >= 0.6 is 11.5 Å². The van der Waals surface area contributed by atoms with E-state index in [4.69, 9.17) is 0 Å². The van der Waals surface area contributed by atoms with Crippen LogP contribution in [0.15, 0.2) is 12.3 Å². The van der Waals surface area contributed by atoms with Gasteiger partial charge in [0.2, 0.25) is 0 Å². The van der Waals surface area contributed by atoms with Gasteiger partial charge in [-0.3, -0.25) is 5.10 Å². The van der Waals surface area contributed by atoms with Crippen LogP contribution in [0.1, 0.15) is 0 Å². The van der Waals surface area contributed by atoms with E-state index < -0.39 is 0 Å². The molecular weight excluding hydrogens is 150 g/mol. The van der Waals surface area contributed by atoms with E-state index in [1.807, 2.05) is 6.07 Å². The lowest BCUT2D eigenvalue weighted by Gasteiger charge is -1.80. The van der Waals surface area contributed by atoms with Crippen molar-refractivity contribution in [1.29, 1.82) is 0 Å². The third-order valence-corrected chi connectivity index (χ3v) is 1.66. The number of nitrogens with zero attached hydrogens (tertiary/aromatic N) is 4. The van der Waals surface area contributed by atoms with E-state index in [0.717, 1.165) is 10.7 Å². The third kappa shape index (κ3) is 0.781. The zero-order valence-electron chi connectivity index (χ0n) is 4.85. The number of aromatic nitrogens is 5. The number of H-pyrrole nitrogens is 1. The van der Waals surface area contributed by atoms with Gasteiger partial charge < -0.3 is 0 Å². The average molecular weight is 153 g/mol. The summed E-state index contributed by atoms with van der Waals surface area (Å²) in [6.45, 7) is 0. The van der Waals surface area contributed by atoms with E-state index in [2.05, 4.69) is 25.0 Å². The van der Waals surface area contributed by atoms with Crippen molar-refractivity contribution >= 4 is 11.5 Å². The number of rotatable bonds is 1. The third-order valence-electron chi connectivity index (χ3n) is 1.03. The van der Waals surface area contributed by atoms with Crippen LogP contribution in [-0.2, 0) is 0 Å². The normalized spacial score (nSPS) is 10.0. The lowest BCUT2D eigenvalue weighted by molar-refractivity contribution is 0.956. The van der Waals surface area contributed by atoms with Crippen molar-refractivity contribution in [2.45, 2.75) is 0 Å². The zero-order chi connectivity index (χ0) is 6.81. The van der Waals surface area contributed by atoms with Crippen molar-refractivity contribution in [3.8, 4) is 10.7 Å². The van der Waals surface area contributed by atoms with Gasteiger partial charge in [-0.2, -0.15) is 5.10 Å². The second-order valence-corrected chi connectivity index (χ2v) is 2.37. The van der Waals surface area contributed by atoms with Gasteiger partial charge in [0.25, 0.3) is 0 Å². The van der Waals surface area contributed by atoms with Gasteiger partial charge in [-0.1, -0.05) is 4.49 Å². The van der Waals surface area contributed by atoms with Gasteiger partial charge >= 0.3 is 0 Å². The van der Waals surface area contributed by atoms with Crippen molar-refractivity contribution in [2.75, 3.05) is 0 Å². The molecule has 0 atom stereocenters. The van der Waals surface area contributed by atoms with Crippen molar-refractivity contribution in [3.63, 3.8) is 0 Å². The highest BCUT2D eigenvalue weighted by atomic mass is 32.1. The fraction of sp³-hybridized carbons (Fsp3) is 0. The Labute approximate surface area is 60.3 Å². The second kappa shape index (κ2) is 2.14. The Bertz CT molecular complexity index is 253. The van der Waals surface area contributed by atoms with Crippen molar-refractivity contribution in [3.05, 3.63) is 12.3 Å². The van der Waals surface area contributed by atoms with Gasteiger partial charge in [-0.05, 0) is 11.3 Å². The van der Waals surface area contributed by atoms with Crippen LogP contribution in [0, 0.1) is 0 Å². The molecule has 5 nitrogen and oxygen atoms in total. The fourth-order valence-corrected chi connectivity index (χ4v) is 1.05. The largest absolute Gasteiger partial charge is 0.275 e. The van der Waals surface area contributed by atoms with Crippen LogP contribution < -0.4 is 0 Å². The maximum Gasteiger partial charge on any atom is 0.185 e. The number of hydrogen-bond donors (Lipinski definition) is 1. The summed E-state index contributed by atoms with van der Waals surface area (Å²) in [5.41, 5.74) is 0.856. The van der Waals surface area contributed by atoms with Gasteiger partial charge in [-0.25, -0.2) is 0 Å². The molecule has 0 spiro atoms. The molecule has 10 heavy (non-hydrogen) atoms. The molecule has 0 saturated carbocycles. The summed E-state index contributed by atoms with van der Waals surface area (Å²) in [6.07, 6.45) is 1.66. The maximum atomic E-state index is 3.76. The quantitative estimate of drug-likeness (QED) is 0.640. The summed E-state index contributed by atoms with van der Waals surface area (Å²) in [7, 11) is 0. The highest BCUT2D eigenvalue weighted by Gasteiger charge is 2.01. The summed E-state index contributed by atoms with van der Waals surface area (Å²) in [5, 5.41) is 14.5. The predicted molar refractivity (Wildman–Crippen MR) is 35.3 cm³/mol. The molecule has 0 saturated heterocycles. The highest BCUT2D eigenvalue weighted by molar-refractivity contribution is 7.08. The molecular formula is C4H3N5S. The molecule has 2 aromatic rings. The summed E-state index contributed by atoms with van der Waals surface area (Å²) in [4.78, 5) is 0. The first-order valence-corrected chi connectivity index (χ1v) is 3.39. The van der Waals surface area contributed by atoms with E-state index in [1.54, 1.807) is 6.20 Å². The van der Waals surface area contributed by atoms with E-state index in [9.17, 15) is 0 Å². The first-order valence-electron chi connectivity index (χ1n) is 2.61. The van der Waals surface area contributed by atoms with E-state index in [-0.39, 0.29) is 0 Å². The van der Waals surface area contributed by atoms with Crippen LogP contribution in [0.25, 0.3) is 10.7 Å². The smallest absolute Gasteiger partial charge is 0.185 e. The Morgan fingerprint density at radius 2 is 2.50 bits per heavy atom. The minimum absolute atomic E-state index is 0.762. The highest BCUT2D eigenvalue weighted by Crippen LogP contribution is 2.13. The molecule has 0 amide bonds. The molecule has 6 heteroatoms. The minimum Gasteiger partial charge on any atom is -0.275 e. The SMILES string of the molecule is c1cc(-c2nnns2)[nH]n1. The van der Waals surface area contributed by atoms with Crippen LogP contribution in [0.2, 0.25) is 0 Å². The number of nitrogens with one attached hydrogen (secondary N) is 1. The van der Waals surface area contributed by atoms with Crippen molar-refractivity contribution < 1.29 is 0 Å². The van der Waals surface area contributed by atoms with Crippen LogP contribution in [0.3, 0.4) is 0 Å². The lowest BCUT2D eigenvalue weighted by atomic mass is 10.5. The van der Waals surface area contributed by atoms with E-state index in [0.29, 0.717) is 0 Å². The first kappa shape index (κ1) is 5.48. The second-order valence-electron chi connectivity index (χ2n) is 1.64. The van der Waals surface area contributed by atoms with Gasteiger partial charge in [0.1, 0.15) is 0 Å². The molecule has 0 aliphatic heterocycles. The Hall–Kier alpha value is -1.30. The average Bonchev–Trinajstić information content (AvgIpc) is 2.59. The Balaban J connectivity index is 2.48. The van der Waals surface area contributed by atoms with Gasteiger partial charge in [-0.15, -0.1) is 5.10 Å². The van der Waals surface area contributed by atoms with E-state index in [1.165, 1.54) is 11.5 Å². The standard InChI is InChI=1S/C4H3N5S/c1-2-5-6-3(1)4-7-8-9-10-4/h1-2H,(H,5,6). The monoisotopic (exact) mass is 153 g/mol. The van der Waals surface area contributed by atoms with Crippen LogP contribution in [-0.4, -0.2) is 25.0 Å². The number of aromatic amines is 1. The molecule has 0 unspecified atom stereocenters. The van der Waals surface area contributed by atoms with Crippen LogP contribution in [0.4, 0.5) is 0 Å². The van der Waals surface area contributed by atoms with Crippen LogP contribution in [0.5, 0.6) is 0 Å². The first-order chi connectivity index (χ1) is 4.97. The predicted octanol–water partition coefficient (Wildman–Crippen LogP) is 0.323. The molecule has 2 rings (SSSR count). The van der Waals surface area contributed by atoms with E-state index >= 15 is 0 Å². The summed E-state index contributed by atoms with van der Waals surface area (Å²) < 4.78 is 3.61. The minimum atomic E-state index is 0.762. The molecule has 0 bridgehead atoms. The molecule has 0 aromatic carbocycles. The Kier molecular flexibility index (Phi) is 1.17. The molecule has 2 heterocycles. The molecule has 2 aromatic heterocycles. The summed E-state index contributed by atoms with van der Waals surface area (Å²) >= 11 is 1.24. The Morgan fingerprint density at radius 3 is 3.10 bits per heavy atom. The van der Waals surface area contributed by atoms with Gasteiger partial charge in [0, 0.05) is 17.7 Å².